The highest BCUT2D eigenvalue weighted by atomic mass is 35.5. The normalized spacial score (nSPS) is 20.5. The van der Waals surface area contributed by atoms with Crippen LogP contribution in [0.5, 0.6) is 5.75 Å². The van der Waals surface area contributed by atoms with Gasteiger partial charge in [0, 0.05) is 17.1 Å². The quantitative estimate of drug-likeness (QED) is 0.333. The number of carbonyl (C=O) groups excluding carboxylic acids is 1. The minimum absolute atomic E-state index is 0.0170. The summed E-state index contributed by atoms with van der Waals surface area (Å²) in [6.45, 7) is 0. The number of nitrogens with zero attached hydrogens (tertiary/aromatic N) is 2. The molecule has 0 bridgehead atoms. The first-order chi connectivity index (χ1) is 11.9. The fraction of sp³-hybridized carbons (Fsp3) is 0.375. The third-order valence-electron chi connectivity index (χ3n) is 4.31. The van der Waals surface area contributed by atoms with Gasteiger partial charge in [-0.3, -0.25) is 19.8 Å². The third kappa shape index (κ3) is 3.65. The number of hydrogen-bond acceptors (Lipinski definition) is 6. The molecular formula is C16H14ClN2O4S2-. The molecule has 1 amide bonds. The predicted octanol–water partition coefficient (Wildman–Crippen LogP) is 3.86. The highest BCUT2D eigenvalue weighted by Crippen LogP contribution is 2.39. The summed E-state index contributed by atoms with van der Waals surface area (Å²) in [6, 6.07) is 2.42. The molecule has 0 unspecified atom stereocenters. The second kappa shape index (κ2) is 7.31. The molecule has 0 aromatic heterocycles. The Morgan fingerprint density at radius 3 is 2.64 bits per heavy atom. The van der Waals surface area contributed by atoms with E-state index in [-0.39, 0.29) is 22.5 Å². The van der Waals surface area contributed by atoms with E-state index in [0.29, 0.717) is 9.23 Å². The third-order valence-corrected chi connectivity index (χ3v) is 5.86. The first-order valence-electron chi connectivity index (χ1n) is 7.80. The number of nitro groups is 1. The number of hydrogen-bond donors (Lipinski definition) is 0. The second-order valence-electron chi connectivity index (χ2n) is 5.94. The predicted molar refractivity (Wildman–Crippen MR) is 99.4 cm³/mol. The molecule has 6 nitrogen and oxygen atoms in total. The molecule has 2 fully saturated rings. The first-order valence-corrected chi connectivity index (χ1v) is 9.41. The Morgan fingerprint density at radius 1 is 1.32 bits per heavy atom. The molecule has 1 aromatic rings. The molecule has 0 radical (unpaired) electrons. The monoisotopic (exact) mass is 397 g/mol. The van der Waals surface area contributed by atoms with E-state index in [0.717, 1.165) is 49.9 Å². The van der Waals surface area contributed by atoms with Crippen LogP contribution in [-0.2, 0) is 4.79 Å². The number of rotatable bonds is 3. The van der Waals surface area contributed by atoms with Gasteiger partial charge in [-0.25, -0.2) is 0 Å². The minimum atomic E-state index is -0.779. The van der Waals surface area contributed by atoms with Gasteiger partial charge in [0.05, 0.1) is 9.83 Å². The second-order valence-corrected chi connectivity index (χ2v) is 8.06. The maximum absolute atomic E-state index is 12.7. The minimum Gasteiger partial charge on any atom is -0.867 e. The van der Waals surface area contributed by atoms with Crippen LogP contribution in [0.4, 0.5) is 5.69 Å². The fourth-order valence-corrected chi connectivity index (χ4v) is 4.73. The van der Waals surface area contributed by atoms with Crippen molar-refractivity contribution in [1.82, 2.24) is 4.90 Å². The van der Waals surface area contributed by atoms with Crippen LogP contribution in [-0.4, -0.2) is 26.1 Å². The summed E-state index contributed by atoms with van der Waals surface area (Å²) in [5.74, 6) is -1.01. The van der Waals surface area contributed by atoms with Gasteiger partial charge in [0.15, 0.2) is 0 Å². The van der Waals surface area contributed by atoms with Crippen LogP contribution in [0, 0.1) is 10.1 Å². The van der Waals surface area contributed by atoms with Crippen LogP contribution in [0.3, 0.4) is 0 Å². The van der Waals surface area contributed by atoms with Gasteiger partial charge in [-0.05, 0) is 36.3 Å². The number of carbonyl (C=O) groups is 1. The topological polar surface area (TPSA) is 86.5 Å². The van der Waals surface area contributed by atoms with Crippen molar-refractivity contribution in [3.05, 3.63) is 37.7 Å². The van der Waals surface area contributed by atoms with Gasteiger partial charge in [0.25, 0.3) is 11.6 Å². The molecule has 132 valence electrons. The Hall–Kier alpha value is -1.64. The molecule has 1 aromatic carbocycles. The number of thiocarbonyl (C=S) groups is 1. The van der Waals surface area contributed by atoms with Gasteiger partial charge in [-0.2, -0.15) is 0 Å². The average molecular weight is 398 g/mol. The van der Waals surface area contributed by atoms with Gasteiger partial charge >= 0.3 is 0 Å². The van der Waals surface area contributed by atoms with Gasteiger partial charge < -0.3 is 5.11 Å². The molecule has 0 atom stereocenters. The van der Waals surface area contributed by atoms with Crippen LogP contribution in [0.25, 0.3) is 6.08 Å². The SMILES string of the molecule is O=C1/C(=C\c2cc(Cl)cc([N+](=O)[O-])c2[O-])SC(=S)N1C1CCCCC1. The molecular weight excluding hydrogens is 384 g/mol. The molecule has 1 heterocycles. The highest BCUT2D eigenvalue weighted by molar-refractivity contribution is 8.26. The fourth-order valence-electron chi connectivity index (χ4n) is 3.12. The van der Waals surface area contributed by atoms with Crippen molar-refractivity contribution < 1.29 is 14.8 Å². The lowest BCUT2D eigenvalue weighted by molar-refractivity contribution is -0.398. The summed E-state index contributed by atoms with van der Waals surface area (Å²) in [4.78, 5) is 24.8. The zero-order valence-corrected chi connectivity index (χ0v) is 15.5. The molecule has 0 spiro atoms. The summed E-state index contributed by atoms with van der Waals surface area (Å²) < 4.78 is 0.465. The Kier molecular flexibility index (Phi) is 5.31. The molecule has 0 N–H and O–H groups in total. The summed E-state index contributed by atoms with van der Waals surface area (Å²) in [6.07, 6.45) is 6.46. The number of amides is 1. The average Bonchev–Trinajstić information content (AvgIpc) is 2.85. The molecule has 1 saturated heterocycles. The molecule has 25 heavy (non-hydrogen) atoms. The van der Waals surface area contributed by atoms with Crippen molar-refractivity contribution in [1.29, 1.82) is 0 Å². The number of thioether (sulfide) groups is 1. The lowest BCUT2D eigenvalue weighted by Crippen LogP contribution is -2.39. The largest absolute Gasteiger partial charge is 0.867 e. The lowest BCUT2D eigenvalue weighted by Gasteiger charge is -2.29. The van der Waals surface area contributed by atoms with Crippen molar-refractivity contribution in [2.24, 2.45) is 0 Å². The Labute approximate surface area is 159 Å². The molecule has 2 aliphatic rings. The van der Waals surface area contributed by atoms with Crippen LogP contribution in [0.15, 0.2) is 17.0 Å². The van der Waals surface area contributed by atoms with E-state index in [2.05, 4.69) is 0 Å². The van der Waals surface area contributed by atoms with E-state index < -0.39 is 16.4 Å². The van der Waals surface area contributed by atoms with Gasteiger partial charge in [-0.1, -0.05) is 54.8 Å². The first kappa shape index (κ1) is 18.2. The zero-order valence-electron chi connectivity index (χ0n) is 13.1. The Morgan fingerprint density at radius 2 is 2.00 bits per heavy atom. The van der Waals surface area contributed by atoms with Gasteiger partial charge in [-0.15, -0.1) is 0 Å². The van der Waals surface area contributed by atoms with E-state index in [1.165, 1.54) is 12.1 Å². The smallest absolute Gasteiger partial charge is 0.266 e. The van der Waals surface area contributed by atoms with Crippen molar-refractivity contribution in [2.45, 2.75) is 38.1 Å². The standard InChI is InChI=1S/C16H15ClN2O4S2/c17-10-6-9(14(20)12(8-10)19(22)23)7-13-15(21)18(16(24)25-13)11-4-2-1-3-5-11/h6-8,11,20H,1-5H2/p-1/b13-7+. The molecule has 3 rings (SSSR count). The Bertz CT molecular complexity index is 791. The number of benzene rings is 1. The van der Waals surface area contributed by atoms with E-state index in [1.807, 2.05) is 0 Å². The van der Waals surface area contributed by atoms with E-state index in [1.54, 1.807) is 4.90 Å². The zero-order chi connectivity index (χ0) is 18.1. The Balaban J connectivity index is 1.93. The molecule has 1 saturated carbocycles. The summed E-state index contributed by atoms with van der Waals surface area (Å²) in [5.41, 5.74) is -0.593. The van der Waals surface area contributed by atoms with Crippen LogP contribution in [0.1, 0.15) is 37.7 Å². The maximum atomic E-state index is 12.7. The van der Waals surface area contributed by atoms with E-state index in [4.69, 9.17) is 23.8 Å². The number of nitro benzene ring substituents is 1. The van der Waals surface area contributed by atoms with E-state index >= 15 is 0 Å². The summed E-state index contributed by atoms with van der Waals surface area (Å²) in [5, 5.41) is 23.2. The molecule has 1 aliphatic carbocycles. The van der Waals surface area contributed by atoms with Gasteiger partial charge in [0.1, 0.15) is 4.32 Å². The maximum Gasteiger partial charge on any atom is 0.266 e. The molecule has 9 heteroatoms. The van der Waals surface area contributed by atoms with Crippen LogP contribution >= 0.6 is 35.6 Å². The number of halogens is 1. The molecule has 1 aliphatic heterocycles. The van der Waals surface area contributed by atoms with Crippen molar-refractivity contribution >= 4 is 57.6 Å². The van der Waals surface area contributed by atoms with Crippen molar-refractivity contribution in [3.63, 3.8) is 0 Å². The van der Waals surface area contributed by atoms with Gasteiger partial charge in [0.2, 0.25) is 0 Å². The summed E-state index contributed by atoms with van der Waals surface area (Å²) in [7, 11) is 0. The lowest BCUT2D eigenvalue weighted by atomic mass is 9.94. The van der Waals surface area contributed by atoms with E-state index in [9.17, 15) is 20.0 Å². The van der Waals surface area contributed by atoms with Crippen LogP contribution < -0.4 is 5.11 Å². The summed E-state index contributed by atoms with van der Waals surface area (Å²) >= 11 is 12.3. The highest BCUT2D eigenvalue weighted by Gasteiger charge is 2.37. The van der Waals surface area contributed by atoms with Crippen molar-refractivity contribution in [2.75, 3.05) is 0 Å². The van der Waals surface area contributed by atoms with Crippen LogP contribution in [0.2, 0.25) is 5.02 Å². The van der Waals surface area contributed by atoms with Crippen molar-refractivity contribution in [3.8, 4) is 5.75 Å².